The fourth-order valence-corrected chi connectivity index (χ4v) is 4.80. The monoisotopic (exact) mass is 486 g/mol. The van der Waals surface area contributed by atoms with E-state index >= 15 is 0 Å². The van der Waals surface area contributed by atoms with Gasteiger partial charge in [0.2, 0.25) is 5.91 Å². The van der Waals surface area contributed by atoms with Crippen molar-refractivity contribution in [2.24, 2.45) is 0 Å². The van der Waals surface area contributed by atoms with Gasteiger partial charge in [0.15, 0.2) is 5.65 Å². The fourth-order valence-electron chi connectivity index (χ4n) is 4.80. The van der Waals surface area contributed by atoms with Crippen LogP contribution in [0.4, 0.5) is 10.2 Å². The Morgan fingerprint density at radius 1 is 0.972 bits per heavy atom. The number of hydrogen-bond donors (Lipinski definition) is 0. The van der Waals surface area contributed by atoms with Gasteiger partial charge in [0, 0.05) is 39.0 Å². The smallest absolute Gasteiger partial charge is 0.222 e. The molecule has 3 heterocycles. The van der Waals surface area contributed by atoms with Gasteiger partial charge in [-0.15, -0.1) is 0 Å². The first-order valence-electron chi connectivity index (χ1n) is 12.6. The second kappa shape index (κ2) is 10.4. The molecule has 0 saturated carbocycles. The molecule has 0 N–H and O–H groups in total. The lowest BCUT2D eigenvalue weighted by atomic mass is 10.1. The van der Waals surface area contributed by atoms with Crippen molar-refractivity contribution in [3.63, 3.8) is 0 Å². The summed E-state index contributed by atoms with van der Waals surface area (Å²) in [6.45, 7) is 6.93. The number of anilines is 1. The van der Waals surface area contributed by atoms with E-state index in [9.17, 15) is 9.18 Å². The van der Waals surface area contributed by atoms with Crippen LogP contribution in [0.5, 0.6) is 0 Å². The van der Waals surface area contributed by atoms with E-state index in [0.29, 0.717) is 37.4 Å². The summed E-state index contributed by atoms with van der Waals surface area (Å²) in [5.41, 5.74) is 3.40. The number of carbonyl (C=O) groups is 1. The van der Waals surface area contributed by atoms with Crippen LogP contribution < -0.4 is 4.90 Å². The molecule has 36 heavy (non-hydrogen) atoms. The summed E-state index contributed by atoms with van der Waals surface area (Å²) in [6, 6.07) is 16.4. The molecule has 1 fully saturated rings. The van der Waals surface area contributed by atoms with E-state index in [4.69, 9.17) is 15.1 Å². The van der Waals surface area contributed by atoms with Gasteiger partial charge in [-0.2, -0.15) is 5.10 Å². The quantitative estimate of drug-likeness (QED) is 0.396. The van der Waals surface area contributed by atoms with Crippen LogP contribution in [0.3, 0.4) is 0 Å². The minimum Gasteiger partial charge on any atom is -0.354 e. The van der Waals surface area contributed by atoms with Gasteiger partial charge in [-0.3, -0.25) is 4.79 Å². The third kappa shape index (κ3) is 4.94. The SMILES string of the molecule is CCCC(=O)N1CCCN(c2nc(Cc3ccccc3)nc3c2c(C)nn3-c2ccc(F)cc2)CC1. The Hall–Kier alpha value is -3.81. The molecule has 2 aromatic carbocycles. The Morgan fingerprint density at radius 2 is 1.75 bits per heavy atom. The zero-order valence-electron chi connectivity index (χ0n) is 20.8. The van der Waals surface area contributed by atoms with Gasteiger partial charge >= 0.3 is 0 Å². The molecule has 0 atom stereocenters. The molecule has 186 valence electrons. The van der Waals surface area contributed by atoms with E-state index in [1.54, 1.807) is 16.8 Å². The number of aryl methyl sites for hydroxylation is 1. The zero-order chi connectivity index (χ0) is 25.1. The third-order valence-corrected chi connectivity index (χ3v) is 6.62. The molecule has 2 aromatic heterocycles. The highest BCUT2D eigenvalue weighted by Gasteiger charge is 2.25. The Labute approximate surface area is 210 Å². The Morgan fingerprint density at radius 3 is 2.50 bits per heavy atom. The minimum atomic E-state index is -0.293. The van der Waals surface area contributed by atoms with E-state index in [2.05, 4.69) is 17.0 Å². The molecule has 0 radical (unpaired) electrons. The van der Waals surface area contributed by atoms with E-state index in [1.807, 2.05) is 36.9 Å². The highest BCUT2D eigenvalue weighted by Crippen LogP contribution is 2.30. The highest BCUT2D eigenvalue weighted by atomic mass is 19.1. The first-order valence-corrected chi connectivity index (χ1v) is 12.6. The third-order valence-electron chi connectivity index (χ3n) is 6.62. The number of fused-ring (bicyclic) bond motifs is 1. The van der Waals surface area contributed by atoms with Crippen LogP contribution in [-0.4, -0.2) is 56.7 Å². The summed E-state index contributed by atoms with van der Waals surface area (Å²) in [7, 11) is 0. The van der Waals surface area contributed by atoms with Gasteiger partial charge in [0.05, 0.1) is 16.8 Å². The molecule has 0 spiro atoms. The number of benzene rings is 2. The maximum Gasteiger partial charge on any atom is 0.222 e. The fraction of sp³-hybridized carbons (Fsp3) is 0.357. The van der Waals surface area contributed by atoms with Gasteiger partial charge < -0.3 is 9.80 Å². The van der Waals surface area contributed by atoms with Crippen molar-refractivity contribution in [1.29, 1.82) is 0 Å². The van der Waals surface area contributed by atoms with Crippen LogP contribution in [0.1, 0.15) is 43.3 Å². The molecule has 0 aliphatic carbocycles. The highest BCUT2D eigenvalue weighted by molar-refractivity contribution is 5.91. The van der Waals surface area contributed by atoms with Crippen molar-refractivity contribution < 1.29 is 9.18 Å². The molecule has 4 aromatic rings. The van der Waals surface area contributed by atoms with Crippen molar-refractivity contribution in [3.05, 3.63) is 77.5 Å². The lowest BCUT2D eigenvalue weighted by Crippen LogP contribution is -2.35. The molecule has 1 saturated heterocycles. The van der Waals surface area contributed by atoms with Crippen LogP contribution in [0.2, 0.25) is 0 Å². The van der Waals surface area contributed by atoms with Gasteiger partial charge in [-0.1, -0.05) is 37.3 Å². The first kappa shape index (κ1) is 23.9. The summed E-state index contributed by atoms with van der Waals surface area (Å²) in [4.78, 5) is 26.8. The van der Waals surface area contributed by atoms with E-state index < -0.39 is 0 Å². The predicted octanol–water partition coefficient (Wildman–Crippen LogP) is 4.69. The number of carbonyl (C=O) groups excluding carboxylic acids is 1. The van der Waals surface area contributed by atoms with Crippen molar-refractivity contribution in [2.75, 3.05) is 31.1 Å². The molecule has 1 aliphatic rings. The number of amides is 1. The summed E-state index contributed by atoms with van der Waals surface area (Å²) in [6.07, 6.45) is 2.91. The molecule has 5 rings (SSSR count). The maximum absolute atomic E-state index is 13.6. The molecule has 0 unspecified atom stereocenters. The van der Waals surface area contributed by atoms with Crippen LogP contribution in [0.25, 0.3) is 16.7 Å². The molecule has 0 bridgehead atoms. The Balaban J connectivity index is 1.58. The average molecular weight is 487 g/mol. The number of halogens is 1. The lowest BCUT2D eigenvalue weighted by Gasteiger charge is -2.24. The van der Waals surface area contributed by atoms with E-state index in [1.165, 1.54) is 12.1 Å². The normalized spacial score (nSPS) is 14.3. The van der Waals surface area contributed by atoms with E-state index in [0.717, 1.165) is 54.1 Å². The second-order valence-corrected chi connectivity index (χ2v) is 9.27. The van der Waals surface area contributed by atoms with Crippen LogP contribution in [-0.2, 0) is 11.2 Å². The molecule has 7 nitrogen and oxygen atoms in total. The average Bonchev–Trinajstić information content (AvgIpc) is 3.05. The van der Waals surface area contributed by atoms with Crippen LogP contribution in [0.15, 0.2) is 54.6 Å². The Kier molecular flexibility index (Phi) is 6.93. The van der Waals surface area contributed by atoms with Gasteiger partial charge in [-0.05, 0) is 49.6 Å². The van der Waals surface area contributed by atoms with Crippen molar-refractivity contribution in [3.8, 4) is 5.69 Å². The second-order valence-electron chi connectivity index (χ2n) is 9.27. The topological polar surface area (TPSA) is 67.2 Å². The standard InChI is InChI=1S/C28H31FN6O/c1-3-8-25(36)33-15-7-16-34(18-17-33)27-26-20(2)32-35(23-13-11-22(29)12-14-23)28(26)31-24(30-27)19-21-9-5-4-6-10-21/h4-6,9-14H,3,7-8,15-19H2,1-2H3. The largest absolute Gasteiger partial charge is 0.354 e. The molecule has 1 amide bonds. The molecule has 1 aliphatic heterocycles. The number of hydrogen-bond acceptors (Lipinski definition) is 5. The number of nitrogens with zero attached hydrogens (tertiary/aromatic N) is 6. The minimum absolute atomic E-state index is 0.220. The predicted molar refractivity (Wildman–Crippen MR) is 139 cm³/mol. The van der Waals surface area contributed by atoms with Gasteiger partial charge in [0.1, 0.15) is 17.5 Å². The summed E-state index contributed by atoms with van der Waals surface area (Å²) in [5, 5.41) is 5.68. The molecule has 8 heteroatoms. The van der Waals surface area contributed by atoms with Gasteiger partial charge in [-0.25, -0.2) is 19.0 Å². The molecular weight excluding hydrogens is 455 g/mol. The number of aromatic nitrogens is 4. The van der Waals surface area contributed by atoms with Crippen molar-refractivity contribution in [1.82, 2.24) is 24.6 Å². The number of rotatable bonds is 6. The van der Waals surface area contributed by atoms with Crippen LogP contribution >= 0.6 is 0 Å². The molecular formula is C28H31FN6O. The van der Waals surface area contributed by atoms with Crippen LogP contribution in [0, 0.1) is 12.7 Å². The first-order chi connectivity index (χ1) is 17.5. The van der Waals surface area contributed by atoms with E-state index in [-0.39, 0.29) is 11.7 Å². The zero-order valence-corrected chi connectivity index (χ0v) is 20.8. The summed E-state index contributed by atoms with van der Waals surface area (Å²) in [5.74, 6) is 1.48. The Bertz CT molecular complexity index is 1350. The maximum atomic E-state index is 13.6. The lowest BCUT2D eigenvalue weighted by molar-refractivity contribution is -0.131. The summed E-state index contributed by atoms with van der Waals surface area (Å²) >= 11 is 0. The van der Waals surface area contributed by atoms with Crippen molar-refractivity contribution >= 4 is 22.8 Å². The van der Waals surface area contributed by atoms with Gasteiger partial charge in [0.25, 0.3) is 0 Å². The van der Waals surface area contributed by atoms with Crippen molar-refractivity contribution in [2.45, 2.75) is 39.5 Å². The summed E-state index contributed by atoms with van der Waals surface area (Å²) < 4.78 is 15.4.